The van der Waals surface area contributed by atoms with Crippen LogP contribution < -0.4 is 9.13 Å². The summed E-state index contributed by atoms with van der Waals surface area (Å²) in [5, 5.41) is 14.4. The van der Waals surface area contributed by atoms with Crippen LogP contribution in [0.5, 0.6) is 11.5 Å². The van der Waals surface area contributed by atoms with E-state index in [9.17, 15) is 9.90 Å². The molecule has 2 heterocycles. The first-order chi connectivity index (χ1) is 20.8. The van der Waals surface area contributed by atoms with E-state index >= 15 is 0 Å². The van der Waals surface area contributed by atoms with Crippen LogP contribution >= 0.6 is 0 Å². The average molecular weight is 846 g/mol. The Morgan fingerprint density at radius 1 is 0.933 bits per heavy atom. The van der Waals surface area contributed by atoms with Gasteiger partial charge in [-0.3, -0.25) is 4.79 Å². The maximum Gasteiger partial charge on any atom is 0.162 e. The van der Waals surface area contributed by atoms with Gasteiger partial charge in [-0.1, -0.05) is 27.7 Å². The molecule has 1 radical (unpaired) electrons. The zero-order chi connectivity index (χ0) is 32.4. The van der Waals surface area contributed by atoms with E-state index in [1.54, 1.807) is 0 Å². The number of fused-ring (bicyclic) bond motifs is 3. The molecule has 0 saturated heterocycles. The summed E-state index contributed by atoms with van der Waals surface area (Å²) in [7, 11) is 0. The fourth-order valence-electron chi connectivity index (χ4n) is 6.27. The van der Waals surface area contributed by atoms with Crippen LogP contribution in [0.25, 0.3) is 32.8 Å². The number of pyridine rings is 1. The van der Waals surface area contributed by atoms with E-state index in [0.717, 1.165) is 59.2 Å². The van der Waals surface area contributed by atoms with Crippen LogP contribution in [0.1, 0.15) is 79.7 Å². The Bertz CT molecular complexity index is 1690. The number of benzene rings is 3. The number of rotatable bonds is 8. The topological polar surface area (TPSA) is 59.4 Å². The normalized spacial score (nSPS) is 12.8. The van der Waals surface area contributed by atoms with Crippen molar-refractivity contribution < 1.29 is 34.7 Å². The molecule has 0 spiro atoms. The van der Waals surface area contributed by atoms with E-state index in [1.807, 2.05) is 33.9 Å². The number of aliphatic hydroxyl groups is 1. The van der Waals surface area contributed by atoms with Crippen molar-refractivity contribution in [3.8, 4) is 22.8 Å². The fraction of sp³-hybridized carbons (Fsp3) is 0.436. The molecule has 4 aromatic rings. The molecular formula is C39H50GeIrNO3-. The molecule has 1 aromatic heterocycles. The maximum atomic E-state index is 11.7. The second-order valence-electron chi connectivity index (χ2n) is 14.1. The van der Waals surface area contributed by atoms with E-state index in [4.69, 9.17) is 9.72 Å². The first-order valence-electron chi connectivity index (χ1n) is 16.3. The number of ether oxygens (including phenoxy) is 1. The number of hydrogen-bond donors (Lipinski definition) is 1. The monoisotopic (exact) mass is 847 g/mol. The molecule has 0 atom stereocenters. The first kappa shape index (κ1) is 37.0. The van der Waals surface area contributed by atoms with E-state index in [-0.39, 0.29) is 48.9 Å². The molecule has 0 unspecified atom stereocenters. The number of carbonyl (C=O) groups is 1. The summed E-state index contributed by atoms with van der Waals surface area (Å²) in [5.74, 6) is 9.77. The van der Waals surface area contributed by atoms with Crippen LogP contribution in [0, 0.1) is 17.9 Å². The molecule has 4 nitrogen and oxygen atoms in total. The van der Waals surface area contributed by atoms with Gasteiger partial charge in [0, 0.05) is 38.0 Å². The quantitative estimate of drug-likeness (QED) is 0.0732. The molecule has 0 bridgehead atoms. The van der Waals surface area contributed by atoms with E-state index in [2.05, 4.69) is 86.6 Å². The van der Waals surface area contributed by atoms with Gasteiger partial charge in [-0.25, -0.2) is 0 Å². The summed E-state index contributed by atoms with van der Waals surface area (Å²) in [5.41, 5.74) is 3.17. The van der Waals surface area contributed by atoms with Crippen molar-refractivity contribution in [2.45, 2.75) is 96.8 Å². The van der Waals surface area contributed by atoms with Gasteiger partial charge in [-0.2, -0.15) is 0 Å². The molecule has 243 valence electrons. The van der Waals surface area contributed by atoms with Gasteiger partial charge in [0.25, 0.3) is 0 Å². The molecule has 1 aliphatic rings. The SMILES string of the molecule is CC(C)(C)c1c2c([c-]c3ccccc13)-c1nccc3cc[c]([Ge]([CH3])([CH3])[CH3])c(c13)O2.CCC(CC)C(=O)/C=C(\O)C(CC)CC.[Ir]. The van der Waals surface area contributed by atoms with Crippen molar-refractivity contribution in [3.05, 3.63) is 72.1 Å². The minimum absolute atomic E-state index is 0. The third kappa shape index (κ3) is 7.75. The fourth-order valence-corrected chi connectivity index (χ4v) is 9.29. The maximum absolute atomic E-state index is 11.7. The van der Waals surface area contributed by atoms with E-state index in [0.29, 0.717) is 0 Å². The summed E-state index contributed by atoms with van der Waals surface area (Å²) in [6.45, 7) is 14.8. The summed E-state index contributed by atoms with van der Waals surface area (Å²) in [6.07, 6.45) is 6.82. The van der Waals surface area contributed by atoms with Crippen molar-refractivity contribution >= 4 is 45.0 Å². The number of aromatic nitrogens is 1. The van der Waals surface area contributed by atoms with Gasteiger partial charge in [0.15, 0.2) is 5.78 Å². The third-order valence-electron chi connectivity index (χ3n) is 8.88. The van der Waals surface area contributed by atoms with Crippen molar-refractivity contribution in [2.24, 2.45) is 11.8 Å². The number of ketones is 1. The van der Waals surface area contributed by atoms with Gasteiger partial charge < -0.3 is 5.11 Å². The minimum atomic E-state index is -2.16. The average Bonchev–Trinajstić information content (AvgIpc) is 2.96. The summed E-state index contributed by atoms with van der Waals surface area (Å²) in [6, 6.07) is 18.8. The van der Waals surface area contributed by atoms with Gasteiger partial charge in [-0.05, 0) is 25.7 Å². The molecule has 1 aliphatic heterocycles. The molecule has 0 saturated carbocycles. The van der Waals surface area contributed by atoms with Gasteiger partial charge in [0.2, 0.25) is 0 Å². The van der Waals surface area contributed by atoms with Crippen LogP contribution in [-0.2, 0) is 30.3 Å². The van der Waals surface area contributed by atoms with Crippen molar-refractivity contribution in [1.29, 1.82) is 0 Å². The zero-order valence-electron chi connectivity index (χ0n) is 28.7. The number of aliphatic hydroxyl groups excluding tert-OH is 1. The Morgan fingerprint density at radius 3 is 2.13 bits per heavy atom. The van der Waals surface area contributed by atoms with Crippen LogP contribution in [0.2, 0.25) is 17.3 Å². The number of allylic oxidation sites excluding steroid dienone is 2. The number of hydrogen-bond acceptors (Lipinski definition) is 4. The van der Waals surface area contributed by atoms with Gasteiger partial charge in [0.1, 0.15) is 0 Å². The van der Waals surface area contributed by atoms with Crippen molar-refractivity contribution in [1.82, 2.24) is 4.98 Å². The third-order valence-corrected chi connectivity index (χ3v) is 13.1. The zero-order valence-corrected chi connectivity index (χ0v) is 33.2. The van der Waals surface area contributed by atoms with Crippen LogP contribution in [0.3, 0.4) is 0 Å². The first-order valence-corrected chi connectivity index (χ1v) is 23.6. The smallest absolute Gasteiger partial charge is 0.162 e. The minimum Gasteiger partial charge on any atom is -0.512 e. The predicted octanol–water partition coefficient (Wildman–Crippen LogP) is 10.7. The Balaban J connectivity index is 0.000000297. The second-order valence-corrected chi connectivity index (χ2v) is 24.6. The van der Waals surface area contributed by atoms with E-state index < -0.39 is 13.3 Å². The predicted molar refractivity (Wildman–Crippen MR) is 189 cm³/mol. The molecule has 1 N–H and O–H groups in total. The summed E-state index contributed by atoms with van der Waals surface area (Å²) < 4.78 is 8.24. The molecule has 3 aromatic carbocycles. The molecule has 0 amide bonds. The Morgan fingerprint density at radius 2 is 1.56 bits per heavy atom. The molecule has 45 heavy (non-hydrogen) atoms. The second kappa shape index (κ2) is 15.0. The Hall–Kier alpha value is -2.47. The van der Waals surface area contributed by atoms with Crippen LogP contribution in [-0.4, -0.2) is 29.1 Å². The van der Waals surface area contributed by atoms with Crippen molar-refractivity contribution in [3.63, 3.8) is 0 Å². The van der Waals surface area contributed by atoms with Crippen LogP contribution in [0.4, 0.5) is 0 Å². The molecule has 6 heteroatoms. The molecular weight excluding hydrogens is 795 g/mol. The summed E-state index contributed by atoms with van der Waals surface area (Å²) in [4.78, 5) is 16.6. The molecule has 5 rings (SSSR count). The number of carbonyl (C=O) groups excluding carboxylic acids is 1. The van der Waals surface area contributed by atoms with Crippen LogP contribution in [0.15, 0.2) is 60.5 Å². The van der Waals surface area contributed by atoms with E-state index in [1.165, 1.54) is 26.8 Å². The van der Waals surface area contributed by atoms with Gasteiger partial charge in [-0.15, -0.1) is 0 Å². The number of nitrogens with zero attached hydrogens (tertiary/aromatic N) is 1. The standard InChI is InChI=1S/C26H26GeNO.C13H24O2.Ir/c1-26(2,3)22-18-10-8-7-9-17(18)15-19-23-21-16(13-14-28-23)11-12-20(27(4,5)6)25(21)29-24(19)22;1-5-10(6-2)12(14)9-13(15)11(7-3)8-4;/h7-14H,1-6H3;9-11,14H,5-8H2,1-4H3;/q-1;;/b;12-9-;. The van der Waals surface area contributed by atoms with Gasteiger partial charge >= 0.3 is 175 Å². The molecule has 0 aliphatic carbocycles. The van der Waals surface area contributed by atoms with Gasteiger partial charge in [0.05, 0.1) is 5.76 Å². The van der Waals surface area contributed by atoms with Crippen molar-refractivity contribution in [2.75, 3.05) is 0 Å². The Labute approximate surface area is 286 Å². The largest absolute Gasteiger partial charge is 0.512 e. The molecule has 0 fully saturated rings. The Kier molecular flexibility index (Phi) is 12.3. The summed E-state index contributed by atoms with van der Waals surface area (Å²) >= 11 is -2.16.